The van der Waals surface area contributed by atoms with E-state index in [9.17, 15) is 9.59 Å². The molecule has 1 aliphatic heterocycles. The molecule has 1 saturated carbocycles. The maximum absolute atomic E-state index is 12.9. The Bertz CT molecular complexity index is 849. The van der Waals surface area contributed by atoms with Gasteiger partial charge in [-0.05, 0) is 25.0 Å². The summed E-state index contributed by atoms with van der Waals surface area (Å²) in [5, 5.41) is 7.33. The SMILES string of the molecule is Cn1nc(C(=O)N2CCN(c3ccccc3)CC2)cc1NC(=O)C1CCCCC1. The molecule has 2 heterocycles. The number of hydrogen-bond acceptors (Lipinski definition) is 4. The van der Waals surface area contributed by atoms with Crippen LogP contribution in [0.3, 0.4) is 0 Å². The van der Waals surface area contributed by atoms with Gasteiger partial charge in [-0.3, -0.25) is 14.3 Å². The lowest BCUT2D eigenvalue weighted by molar-refractivity contribution is -0.120. The number of aryl methyl sites for hydroxylation is 1. The third-order valence-corrected chi connectivity index (χ3v) is 6.01. The van der Waals surface area contributed by atoms with E-state index in [-0.39, 0.29) is 17.7 Å². The highest BCUT2D eigenvalue weighted by Gasteiger charge is 2.26. The Morgan fingerprint density at radius 3 is 2.38 bits per heavy atom. The zero-order valence-electron chi connectivity index (χ0n) is 17.0. The van der Waals surface area contributed by atoms with Gasteiger partial charge in [0.2, 0.25) is 5.91 Å². The fourth-order valence-corrected chi connectivity index (χ4v) is 4.25. The Morgan fingerprint density at radius 2 is 1.69 bits per heavy atom. The van der Waals surface area contributed by atoms with E-state index < -0.39 is 0 Å². The van der Waals surface area contributed by atoms with Crippen LogP contribution in [0.2, 0.25) is 0 Å². The van der Waals surface area contributed by atoms with Crippen LogP contribution in [0.5, 0.6) is 0 Å². The zero-order valence-corrected chi connectivity index (χ0v) is 17.0. The highest BCUT2D eigenvalue weighted by Crippen LogP contribution is 2.25. The predicted octanol–water partition coefficient (Wildman–Crippen LogP) is 2.90. The summed E-state index contributed by atoms with van der Waals surface area (Å²) in [5.74, 6) is 0.630. The fraction of sp³-hybridized carbons (Fsp3) is 0.500. The van der Waals surface area contributed by atoms with E-state index in [2.05, 4.69) is 27.4 Å². The van der Waals surface area contributed by atoms with Crippen LogP contribution in [-0.2, 0) is 11.8 Å². The van der Waals surface area contributed by atoms with E-state index in [0.717, 1.165) is 38.8 Å². The van der Waals surface area contributed by atoms with Crippen molar-refractivity contribution in [3.05, 3.63) is 42.1 Å². The van der Waals surface area contributed by atoms with Crippen LogP contribution >= 0.6 is 0 Å². The predicted molar refractivity (Wildman–Crippen MR) is 113 cm³/mol. The number of amides is 2. The van der Waals surface area contributed by atoms with Crippen molar-refractivity contribution < 1.29 is 9.59 Å². The standard InChI is InChI=1S/C22H29N5O2/c1-25-20(23-21(28)17-8-4-2-5-9-17)16-19(24-25)22(29)27-14-12-26(13-15-27)18-10-6-3-7-11-18/h3,6-7,10-11,16-17H,2,4-5,8-9,12-15H2,1H3,(H,23,28). The molecule has 7 heteroatoms. The summed E-state index contributed by atoms with van der Waals surface area (Å²) in [6.45, 7) is 2.92. The minimum Gasteiger partial charge on any atom is -0.368 e. The Labute approximate surface area is 171 Å². The van der Waals surface area contributed by atoms with Crippen molar-refractivity contribution in [2.75, 3.05) is 36.4 Å². The normalized spacial score (nSPS) is 18.0. The Hall–Kier alpha value is -2.83. The van der Waals surface area contributed by atoms with E-state index in [0.29, 0.717) is 24.6 Å². The highest BCUT2D eigenvalue weighted by molar-refractivity contribution is 5.96. The molecule has 29 heavy (non-hydrogen) atoms. The molecule has 0 spiro atoms. The van der Waals surface area contributed by atoms with E-state index in [1.165, 1.54) is 12.1 Å². The number of rotatable bonds is 4. The molecule has 1 aliphatic carbocycles. The molecule has 0 atom stereocenters. The van der Waals surface area contributed by atoms with Gasteiger partial charge in [0.15, 0.2) is 5.69 Å². The molecule has 2 aliphatic rings. The minimum atomic E-state index is -0.0773. The fourth-order valence-electron chi connectivity index (χ4n) is 4.25. The van der Waals surface area contributed by atoms with Crippen LogP contribution in [0.4, 0.5) is 11.5 Å². The number of para-hydroxylation sites is 1. The first-order valence-corrected chi connectivity index (χ1v) is 10.6. The monoisotopic (exact) mass is 395 g/mol. The second kappa shape index (κ2) is 8.68. The summed E-state index contributed by atoms with van der Waals surface area (Å²) >= 11 is 0. The lowest BCUT2D eigenvalue weighted by Gasteiger charge is -2.35. The second-order valence-electron chi connectivity index (χ2n) is 7.98. The number of piperazine rings is 1. The van der Waals surface area contributed by atoms with Gasteiger partial charge in [0, 0.05) is 50.9 Å². The van der Waals surface area contributed by atoms with Gasteiger partial charge in [-0.2, -0.15) is 5.10 Å². The van der Waals surface area contributed by atoms with Gasteiger partial charge in [-0.15, -0.1) is 0 Å². The van der Waals surface area contributed by atoms with Crippen molar-refractivity contribution >= 4 is 23.3 Å². The van der Waals surface area contributed by atoms with Crippen molar-refractivity contribution in [1.29, 1.82) is 0 Å². The third-order valence-electron chi connectivity index (χ3n) is 6.01. The van der Waals surface area contributed by atoms with Crippen molar-refractivity contribution in [2.24, 2.45) is 13.0 Å². The number of hydrogen-bond donors (Lipinski definition) is 1. The molecule has 0 radical (unpaired) electrons. The second-order valence-corrected chi connectivity index (χ2v) is 7.98. The molecular formula is C22H29N5O2. The van der Waals surface area contributed by atoms with Gasteiger partial charge < -0.3 is 15.1 Å². The summed E-state index contributed by atoms with van der Waals surface area (Å²) in [5.41, 5.74) is 1.57. The van der Waals surface area contributed by atoms with Crippen LogP contribution in [0.15, 0.2) is 36.4 Å². The van der Waals surface area contributed by atoms with Crippen LogP contribution in [0.25, 0.3) is 0 Å². The smallest absolute Gasteiger partial charge is 0.274 e. The van der Waals surface area contributed by atoms with Crippen LogP contribution in [0, 0.1) is 5.92 Å². The average molecular weight is 396 g/mol. The zero-order chi connectivity index (χ0) is 20.2. The number of nitrogens with one attached hydrogen (secondary N) is 1. The Kier molecular flexibility index (Phi) is 5.83. The summed E-state index contributed by atoms with van der Waals surface area (Å²) in [6.07, 6.45) is 5.33. The van der Waals surface area contributed by atoms with Crippen LogP contribution < -0.4 is 10.2 Å². The van der Waals surface area contributed by atoms with Crippen molar-refractivity contribution in [3.63, 3.8) is 0 Å². The number of benzene rings is 1. The molecule has 0 unspecified atom stereocenters. The first-order chi connectivity index (χ1) is 14.1. The van der Waals surface area contributed by atoms with Gasteiger partial charge in [-0.1, -0.05) is 37.5 Å². The number of carbonyl (C=O) groups excluding carboxylic acids is 2. The maximum Gasteiger partial charge on any atom is 0.274 e. The first-order valence-electron chi connectivity index (χ1n) is 10.6. The van der Waals surface area contributed by atoms with Crippen LogP contribution in [0.1, 0.15) is 42.6 Å². The molecule has 1 aromatic heterocycles. The molecule has 1 saturated heterocycles. The van der Waals surface area contributed by atoms with Gasteiger partial charge in [-0.25, -0.2) is 0 Å². The third kappa shape index (κ3) is 4.44. The molecule has 2 amide bonds. The number of nitrogens with zero attached hydrogens (tertiary/aromatic N) is 4. The van der Waals surface area contributed by atoms with Crippen molar-refractivity contribution in [1.82, 2.24) is 14.7 Å². The largest absolute Gasteiger partial charge is 0.368 e. The molecule has 0 bridgehead atoms. The molecular weight excluding hydrogens is 366 g/mol. The van der Waals surface area contributed by atoms with Crippen molar-refractivity contribution in [3.8, 4) is 0 Å². The molecule has 2 fully saturated rings. The summed E-state index contributed by atoms with van der Waals surface area (Å²) < 4.78 is 1.59. The highest BCUT2D eigenvalue weighted by atomic mass is 16.2. The summed E-state index contributed by atoms with van der Waals surface area (Å²) in [7, 11) is 1.76. The summed E-state index contributed by atoms with van der Waals surface area (Å²) in [6, 6.07) is 12.0. The summed E-state index contributed by atoms with van der Waals surface area (Å²) in [4.78, 5) is 29.6. The Morgan fingerprint density at radius 1 is 1.00 bits per heavy atom. The quantitative estimate of drug-likeness (QED) is 0.864. The van der Waals surface area contributed by atoms with Gasteiger partial charge in [0.1, 0.15) is 5.82 Å². The van der Waals surface area contributed by atoms with E-state index >= 15 is 0 Å². The molecule has 4 rings (SSSR count). The van der Waals surface area contributed by atoms with Crippen LogP contribution in [-0.4, -0.2) is 52.7 Å². The molecule has 2 aromatic rings. The first kappa shape index (κ1) is 19.5. The number of aromatic nitrogens is 2. The Balaban J connectivity index is 1.36. The maximum atomic E-state index is 12.9. The molecule has 154 valence electrons. The minimum absolute atomic E-state index is 0.0446. The molecule has 1 N–H and O–H groups in total. The van der Waals surface area contributed by atoms with E-state index in [1.807, 2.05) is 23.1 Å². The van der Waals surface area contributed by atoms with E-state index in [1.54, 1.807) is 17.8 Å². The lowest BCUT2D eigenvalue weighted by Crippen LogP contribution is -2.48. The van der Waals surface area contributed by atoms with Gasteiger partial charge in [0.25, 0.3) is 5.91 Å². The molecule has 1 aromatic carbocycles. The van der Waals surface area contributed by atoms with Gasteiger partial charge in [0.05, 0.1) is 0 Å². The van der Waals surface area contributed by atoms with Gasteiger partial charge >= 0.3 is 0 Å². The van der Waals surface area contributed by atoms with E-state index in [4.69, 9.17) is 0 Å². The molecule has 7 nitrogen and oxygen atoms in total. The number of carbonyl (C=O) groups is 2. The lowest BCUT2D eigenvalue weighted by atomic mass is 9.89. The van der Waals surface area contributed by atoms with Crippen molar-refractivity contribution in [2.45, 2.75) is 32.1 Å². The topological polar surface area (TPSA) is 70.5 Å². The number of anilines is 2. The average Bonchev–Trinajstić information content (AvgIpc) is 3.14.